The van der Waals surface area contributed by atoms with Crippen molar-refractivity contribution < 1.29 is 0 Å². The molecule has 5 nitrogen and oxygen atoms in total. The Balaban J connectivity index is 1.63. The standard InChI is InChI=1S/C19H27N5/c1-23(2)17-14-6-3-4-7-15(14)21-18(22-17)24-12-10-19(11-13-24)9-5-8-16(19)20/h3-4,6-7,16H,5,8-13,20H2,1-2H3. The van der Waals surface area contributed by atoms with Gasteiger partial charge in [-0.2, -0.15) is 4.98 Å². The molecule has 4 rings (SSSR count). The van der Waals surface area contributed by atoms with Crippen LogP contribution in [-0.2, 0) is 0 Å². The minimum atomic E-state index is 0.373. The molecule has 2 fully saturated rings. The highest BCUT2D eigenvalue weighted by Gasteiger charge is 2.43. The Bertz CT molecular complexity index is 734. The molecule has 128 valence electrons. The molecule has 0 amide bonds. The molecular formula is C19H27N5. The van der Waals surface area contributed by atoms with Gasteiger partial charge < -0.3 is 15.5 Å². The average molecular weight is 325 g/mol. The second-order valence-corrected chi connectivity index (χ2v) is 7.61. The van der Waals surface area contributed by atoms with Crippen LogP contribution < -0.4 is 15.5 Å². The normalized spacial score (nSPS) is 23.1. The summed E-state index contributed by atoms with van der Waals surface area (Å²) in [5, 5.41) is 1.11. The number of benzene rings is 1. The molecule has 0 bridgehead atoms. The van der Waals surface area contributed by atoms with E-state index < -0.39 is 0 Å². The Kier molecular flexibility index (Phi) is 3.83. The van der Waals surface area contributed by atoms with Gasteiger partial charge in [-0.15, -0.1) is 0 Å². The van der Waals surface area contributed by atoms with E-state index >= 15 is 0 Å². The molecule has 2 heterocycles. The molecule has 2 aliphatic rings. The van der Waals surface area contributed by atoms with Crippen LogP contribution in [0.3, 0.4) is 0 Å². The van der Waals surface area contributed by atoms with Crippen molar-refractivity contribution in [3.63, 3.8) is 0 Å². The molecule has 1 aromatic carbocycles. The summed E-state index contributed by atoms with van der Waals surface area (Å²) in [6, 6.07) is 8.64. The summed E-state index contributed by atoms with van der Waals surface area (Å²) in [5.74, 6) is 1.85. The zero-order valence-electron chi connectivity index (χ0n) is 14.7. The third-order valence-electron chi connectivity index (χ3n) is 6.01. The number of piperidine rings is 1. The molecule has 1 unspecified atom stereocenters. The Labute approximate surface area is 143 Å². The summed E-state index contributed by atoms with van der Waals surface area (Å²) < 4.78 is 0. The summed E-state index contributed by atoms with van der Waals surface area (Å²) in [4.78, 5) is 14.1. The van der Waals surface area contributed by atoms with Crippen LogP contribution in [0.25, 0.3) is 10.9 Å². The van der Waals surface area contributed by atoms with E-state index in [0.29, 0.717) is 11.5 Å². The maximum atomic E-state index is 6.41. The van der Waals surface area contributed by atoms with Gasteiger partial charge in [0, 0.05) is 38.6 Å². The lowest BCUT2D eigenvalue weighted by molar-refractivity contribution is 0.197. The van der Waals surface area contributed by atoms with Crippen LogP contribution in [0.4, 0.5) is 11.8 Å². The zero-order chi connectivity index (χ0) is 16.7. The second-order valence-electron chi connectivity index (χ2n) is 7.61. The lowest BCUT2D eigenvalue weighted by Crippen LogP contribution is -2.47. The first-order valence-electron chi connectivity index (χ1n) is 9.04. The predicted octanol–water partition coefficient (Wildman–Crippen LogP) is 2.79. The van der Waals surface area contributed by atoms with Gasteiger partial charge in [-0.1, -0.05) is 18.6 Å². The molecule has 1 saturated heterocycles. The highest BCUT2D eigenvalue weighted by molar-refractivity contribution is 5.90. The Morgan fingerprint density at radius 1 is 1.12 bits per heavy atom. The van der Waals surface area contributed by atoms with E-state index in [9.17, 15) is 0 Å². The molecule has 1 atom stereocenters. The Morgan fingerprint density at radius 3 is 2.54 bits per heavy atom. The third-order valence-corrected chi connectivity index (χ3v) is 6.01. The number of nitrogens with two attached hydrogens (primary N) is 1. The van der Waals surface area contributed by atoms with Crippen LogP contribution in [0.15, 0.2) is 24.3 Å². The van der Waals surface area contributed by atoms with E-state index in [-0.39, 0.29) is 0 Å². The lowest BCUT2D eigenvalue weighted by Gasteiger charge is -2.42. The number of nitrogens with zero attached hydrogens (tertiary/aromatic N) is 4. The van der Waals surface area contributed by atoms with Gasteiger partial charge in [0.1, 0.15) is 5.82 Å². The molecule has 0 radical (unpaired) electrons. The Hall–Kier alpha value is -1.88. The SMILES string of the molecule is CN(C)c1nc(N2CCC3(CCCC3N)CC2)nc2ccccc12. The van der Waals surface area contributed by atoms with Crippen LogP contribution in [0.1, 0.15) is 32.1 Å². The molecule has 1 aliphatic heterocycles. The van der Waals surface area contributed by atoms with E-state index in [1.165, 1.54) is 32.1 Å². The first-order chi connectivity index (χ1) is 11.6. The number of rotatable bonds is 2. The first-order valence-corrected chi connectivity index (χ1v) is 9.04. The van der Waals surface area contributed by atoms with Gasteiger partial charge in [0.05, 0.1) is 5.52 Å². The van der Waals surface area contributed by atoms with E-state index in [2.05, 4.69) is 21.9 Å². The molecule has 1 saturated carbocycles. The van der Waals surface area contributed by atoms with Gasteiger partial charge in [-0.3, -0.25) is 0 Å². The van der Waals surface area contributed by atoms with Crippen LogP contribution >= 0.6 is 0 Å². The largest absolute Gasteiger partial charge is 0.362 e. The molecule has 24 heavy (non-hydrogen) atoms. The average Bonchev–Trinajstić information content (AvgIpc) is 2.94. The van der Waals surface area contributed by atoms with Gasteiger partial charge in [0.2, 0.25) is 5.95 Å². The highest BCUT2D eigenvalue weighted by Crippen LogP contribution is 2.45. The molecule has 2 aromatic rings. The summed E-state index contributed by atoms with van der Waals surface area (Å²) in [6.07, 6.45) is 6.11. The Morgan fingerprint density at radius 2 is 1.88 bits per heavy atom. The molecule has 5 heteroatoms. The second kappa shape index (κ2) is 5.88. The van der Waals surface area contributed by atoms with Crippen molar-refractivity contribution in [3.8, 4) is 0 Å². The summed E-state index contributed by atoms with van der Waals surface area (Å²) >= 11 is 0. The minimum absolute atomic E-state index is 0.373. The minimum Gasteiger partial charge on any atom is -0.362 e. The number of fused-ring (bicyclic) bond motifs is 1. The predicted molar refractivity (Wildman–Crippen MR) is 99.6 cm³/mol. The van der Waals surface area contributed by atoms with Crippen molar-refractivity contribution in [1.29, 1.82) is 0 Å². The number of hydrogen-bond donors (Lipinski definition) is 1. The molecule has 1 aromatic heterocycles. The number of aromatic nitrogens is 2. The van der Waals surface area contributed by atoms with Gasteiger partial charge in [0.25, 0.3) is 0 Å². The van der Waals surface area contributed by atoms with Crippen LogP contribution in [0.5, 0.6) is 0 Å². The summed E-state index contributed by atoms with van der Waals surface area (Å²) in [7, 11) is 4.09. The fraction of sp³-hybridized carbons (Fsp3) is 0.579. The smallest absolute Gasteiger partial charge is 0.227 e. The fourth-order valence-electron chi connectivity index (χ4n) is 4.47. The van der Waals surface area contributed by atoms with Crippen molar-refractivity contribution in [1.82, 2.24) is 9.97 Å². The van der Waals surface area contributed by atoms with Crippen LogP contribution in [-0.4, -0.2) is 43.2 Å². The van der Waals surface area contributed by atoms with Crippen molar-refractivity contribution >= 4 is 22.7 Å². The number of anilines is 2. The van der Waals surface area contributed by atoms with E-state index in [0.717, 1.165) is 35.8 Å². The maximum Gasteiger partial charge on any atom is 0.227 e. The van der Waals surface area contributed by atoms with Gasteiger partial charge in [-0.25, -0.2) is 4.98 Å². The topological polar surface area (TPSA) is 58.3 Å². The third kappa shape index (κ3) is 2.51. The summed E-state index contributed by atoms with van der Waals surface area (Å²) in [6.45, 7) is 2.03. The van der Waals surface area contributed by atoms with Crippen molar-refractivity contribution in [3.05, 3.63) is 24.3 Å². The van der Waals surface area contributed by atoms with Crippen molar-refractivity contribution in [2.45, 2.75) is 38.1 Å². The maximum absolute atomic E-state index is 6.41. The van der Waals surface area contributed by atoms with E-state index in [4.69, 9.17) is 15.7 Å². The van der Waals surface area contributed by atoms with Crippen molar-refractivity contribution in [2.75, 3.05) is 37.0 Å². The van der Waals surface area contributed by atoms with E-state index in [1.54, 1.807) is 0 Å². The molecule has 1 spiro atoms. The van der Waals surface area contributed by atoms with Gasteiger partial charge in [-0.05, 0) is 43.2 Å². The van der Waals surface area contributed by atoms with Gasteiger partial charge in [0.15, 0.2) is 0 Å². The van der Waals surface area contributed by atoms with Crippen molar-refractivity contribution in [2.24, 2.45) is 11.1 Å². The zero-order valence-corrected chi connectivity index (χ0v) is 14.7. The lowest BCUT2D eigenvalue weighted by atomic mass is 9.74. The number of hydrogen-bond acceptors (Lipinski definition) is 5. The van der Waals surface area contributed by atoms with E-state index in [1.807, 2.05) is 26.2 Å². The molecule has 2 N–H and O–H groups in total. The quantitative estimate of drug-likeness (QED) is 0.920. The van der Waals surface area contributed by atoms with Crippen LogP contribution in [0.2, 0.25) is 0 Å². The molecule has 1 aliphatic carbocycles. The van der Waals surface area contributed by atoms with Gasteiger partial charge >= 0.3 is 0 Å². The fourth-order valence-corrected chi connectivity index (χ4v) is 4.47. The number of para-hydroxylation sites is 1. The monoisotopic (exact) mass is 325 g/mol. The summed E-state index contributed by atoms with van der Waals surface area (Å²) in [5.41, 5.74) is 7.80. The highest BCUT2D eigenvalue weighted by atomic mass is 15.3. The molecular weight excluding hydrogens is 298 g/mol. The van der Waals surface area contributed by atoms with Crippen LogP contribution in [0, 0.1) is 5.41 Å². The first kappa shape index (κ1) is 15.6.